The quantitative estimate of drug-likeness (QED) is 0.732. The highest BCUT2D eigenvalue weighted by atomic mass is 16.2. The molecule has 3 heterocycles. The van der Waals surface area contributed by atoms with Crippen LogP contribution in [0, 0.1) is 34.5 Å². The summed E-state index contributed by atoms with van der Waals surface area (Å²) in [5.74, 6) is 1.33. The van der Waals surface area contributed by atoms with E-state index in [1.807, 2.05) is 6.07 Å². The SMILES string of the molecule is O=C1CCC(=O)[C@@]23C4C5[C@@H]6[C@H]5[C@H]2n2c(=O)n(-c5ccccc5)c(=O)n2[C@@H]6[C@]143. The molecule has 5 saturated carbocycles. The Morgan fingerprint density at radius 1 is 0.741 bits per heavy atom. The molecule has 7 nitrogen and oxygen atoms in total. The number of benzene rings is 1. The van der Waals surface area contributed by atoms with Crippen LogP contribution in [0.1, 0.15) is 24.9 Å². The summed E-state index contributed by atoms with van der Waals surface area (Å²) >= 11 is 0. The Morgan fingerprint density at radius 3 is 1.78 bits per heavy atom. The molecule has 2 spiro atoms. The monoisotopic (exact) mass is 361 g/mol. The lowest BCUT2D eigenvalue weighted by molar-refractivity contribution is -0.149. The van der Waals surface area contributed by atoms with E-state index in [0.717, 1.165) is 0 Å². The van der Waals surface area contributed by atoms with Gasteiger partial charge in [-0.3, -0.25) is 9.59 Å². The number of aromatic nitrogens is 3. The molecule has 7 aliphatic rings. The van der Waals surface area contributed by atoms with Crippen molar-refractivity contribution in [1.29, 1.82) is 0 Å². The third-order valence-electron chi connectivity index (χ3n) is 8.87. The molecule has 0 N–H and O–H groups in total. The zero-order chi connectivity index (χ0) is 18.0. The summed E-state index contributed by atoms with van der Waals surface area (Å²) in [4.78, 5) is 52.8. The molecule has 27 heavy (non-hydrogen) atoms. The van der Waals surface area contributed by atoms with Crippen LogP contribution in [0.5, 0.6) is 0 Å². The number of ketones is 2. The Labute approximate surface area is 152 Å². The van der Waals surface area contributed by atoms with Gasteiger partial charge >= 0.3 is 11.4 Å². The number of hydrogen-bond donors (Lipinski definition) is 0. The van der Waals surface area contributed by atoms with Gasteiger partial charge < -0.3 is 0 Å². The van der Waals surface area contributed by atoms with E-state index >= 15 is 0 Å². The molecule has 2 aliphatic heterocycles. The first-order valence-corrected chi connectivity index (χ1v) is 9.67. The van der Waals surface area contributed by atoms with Gasteiger partial charge in [-0.25, -0.2) is 23.5 Å². The van der Waals surface area contributed by atoms with Gasteiger partial charge in [0, 0.05) is 12.8 Å². The van der Waals surface area contributed by atoms with Gasteiger partial charge in [0.1, 0.15) is 11.6 Å². The average molecular weight is 361 g/mol. The zero-order valence-electron chi connectivity index (χ0n) is 14.2. The van der Waals surface area contributed by atoms with Gasteiger partial charge in [0.15, 0.2) is 0 Å². The van der Waals surface area contributed by atoms with Crippen LogP contribution in [-0.2, 0) is 9.59 Å². The Morgan fingerprint density at radius 2 is 1.26 bits per heavy atom. The van der Waals surface area contributed by atoms with Gasteiger partial charge in [-0.1, -0.05) is 18.2 Å². The minimum absolute atomic E-state index is 0.0777. The van der Waals surface area contributed by atoms with Crippen LogP contribution in [0.3, 0.4) is 0 Å². The van der Waals surface area contributed by atoms with E-state index in [9.17, 15) is 19.2 Å². The minimum Gasteiger partial charge on any atom is -0.299 e. The van der Waals surface area contributed by atoms with Crippen molar-refractivity contribution < 1.29 is 9.59 Å². The summed E-state index contributed by atoms with van der Waals surface area (Å²) in [6.07, 6.45) is 0.589. The third kappa shape index (κ3) is 0.918. The van der Waals surface area contributed by atoms with E-state index in [4.69, 9.17) is 0 Å². The van der Waals surface area contributed by atoms with E-state index in [2.05, 4.69) is 0 Å². The van der Waals surface area contributed by atoms with Gasteiger partial charge in [0.25, 0.3) is 0 Å². The van der Waals surface area contributed by atoms with Crippen LogP contribution in [0.4, 0.5) is 0 Å². The standard InChI is InChI=1S/C20H15N3O4/c24-9-6-7-10(25)20-14-11-12-13(11)16(20)23-18(27)21(8-4-2-1-3-5-8)17(26)22(23)15(12)19(9,14)20/h1-5,11-16H,6-7H2/t11?,12-,13+,14?,15+,16-,19+,20-. The molecule has 2 bridgehead atoms. The molecule has 134 valence electrons. The molecule has 5 aliphatic carbocycles. The summed E-state index contributed by atoms with van der Waals surface area (Å²) < 4.78 is 4.35. The molecular weight excluding hydrogens is 346 g/mol. The number of nitrogens with zero attached hydrogens (tertiary/aromatic N) is 3. The Kier molecular flexibility index (Phi) is 1.70. The second-order valence-corrected chi connectivity index (χ2v) is 9.11. The van der Waals surface area contributed by atoms with Gasteiger partial charge in [-0.15, -0.1) is 0 Å². The fourth-order valence-corrected chi connectivity index (χ4v) is 8.56. The van der Waals surface area contributed by atoms with Crippen LogP contribution < -0.4 is 11.4 Å². The number of rotatable bonds is 1. The van der Waals surface area contributed by atoms with E-state index in [0.29, 0.717) is 36.3 Å². The van der Waals surface area contributed by atoms with Crippen molar-refractivity contribution in [3.8, 4) is 5.69 Å². The van der Waals surface area contributed by atoms with Crippen LogP contribution in [0.25, 0.3) is 5.69 Å². The first kappa shape index (κ1) is 13.5. The topological polar surface area (TPSA) is 83.1 Å². The number of hydrogen-bond acceptors (Lipinski definition) is 4. The van der Waals surface area contributed by atoms with E-state index in [1.165, 1.54) is 4.57 Å². The smallest absolute Gasteiger partial charge is 0.299 e. The maximum Gasteiger partial charge on any atom is 0.352 e. The highest BCUT2D eigenvalue weighted by Gasteiger charge is 3.07. The summed E-state index contributed by atoms with van der Waals surface area (Å²) in [5.41, 5.74) is -1.57. The van der Waals surface area contributed by atoms with Gasteiger partial charge in [-0.2, -0.15) is 0 Å². The molecule has 7 heteroatoms. The molecular formula is C20H15N3O4. The van der Waals surface area contributed by atoms with Crippen LogP contribution in [0.2, 0.25) is 0 Å². The largest absolute Gasteiger partial charge is 0.352 e. The first-order chi connectivity index (χ1) is 13.1. The van der Waals surface area contributed by atoms with Crippen molar-refractivity contribution >= 4 is 11.6 Å². The molecule has 8 atom stereocenters. The molecule has 2 unspecified atom stereocenters. The summed E-state index contributed by atoms with van der Waals surface area (Å²) in [7, 11) is 0. The van der Waals surface area contributed by atoms with E-state index < -0.39 is 10.8 Å². The molecule has 0 amide bonds. The van der Waals surface area contributed by atoms with Crippen molar-refractivity contribution in [3.05, 3.63) is 51.3 Å². The van der Waals surface area contributed by atoms with Crippen LogP contribution in [-0.4, -0.2) is 25.5 Å². The number of carbonyl (C=O) groups excluding carboxylic acids is 2. The van der Waals surface area contributed by atoms with Crippen molar-refractivity contribution in [2.24, 2.45) is 34.5 Å². The summed E-state index contributed by atoms with van der Waals surface area (Å²) in [5, 5.41) is 0. The van der Waals surface area contributed by atoms with Crippen molar-refractivity contribution in [2.45, 2.75) is 24.9 Å². The van der Waals surface area contributed by atoms with Crippen molar-refractivity contribution in [1.82, 2.24) is 13.9 Å². The minimum atomic E-state index is -0.684. The van der Waals surface area contributed by atoms with Crippen molar-refractivity contribution in [2.75, 3.05) is 0 Å². The Bertz CT molecular complexity index is 1190. The maximum absolute atomic E-state index is 13.3. The molecule has 5 fully saturated rings. The second kappa shape index (κ2) is 3.41. The first-order valence-electron chi connectivity index (χ1n) is 9.67. The molecule has 2 aromatic rings. The predicted octanol–water partition coefficient (Wildman–Crippen LogP) is 0.320. The normalized spacial score (nSPS) is 48.4. The van der Waals surface area contributed by atoms with Crippen LogP contribution >= 0.6 is 0 Å². The summed E-state index contributed by atoms with van der Waals surface area (Å²) in [6.45, 7) is 0. The fraction of sp³-hybridized carbons (Fsp3) is 0.500. The second-order valence-electron chi connectivity index (χ2n) is 9.11. The lowest BCUT2D eigenvalue weighted by Crippen LogP contribution is -2.58. The summed E-state index contributed by atoms with van der Waals surface area (Å²) in [6, 6.07) is 8.30. The lowest BCUT2D eigenvalue weighted by atomic mass is 9.63. The molecule has 9 rings (SSSR count). The molecule has 0 radical (unpaired) electrons. The molecule has 0 saturated heterocycles. The van der Waals surface area contributed by atoms with Gasteiger partial charge in [0.05, 0.1) is 28.6 Å². The van der Waals surface area contributed by atoms with E-state index in [1.54, 1.807) is 33.6 Å². The zero-order valence-corrected chi connectivity index (χ0v) is 14.2. The van der Waals surface area contributed by atoms with Crippen LogP contribution in [0.15, 0.2) is 39.9 Å². The van der Waals surface area contributed by atoms with Gasteiger partial charge in [-0.05, 0) is 35.8 Å². The van der Waals surface area contributed by atoms with E-state index in [-0.39, 0.29) is 40.9 Å². The number of carbonyl (C=O) groups is 2. The predicted molar refractivity (Wildman–Crippen MR) is 90.4 cm³/mol. The average Bonchev–Trinajstić information content (AvgIpc) is 3.45. The highest BCUT2D eigenvalue weighted by molar-refractivity contribution is 6.10. The van der Waals surface area contributed by atoms with Crippen molar-refractivity contribution in [3.63, 3.8) is 0 Å². The Hall–Kier alpha value is -2.70. The Balaban J connectivity index is 1.50. The maximum atomic E-state index is 13.3. The third-order valence-corrected chi connectivity index (χ3v) is 8.87. The van der Waals surface area contributed by atoms with Gasteiger partial charge in [0.2, 0.25) is 0 Å². The fourth-order valence-electron chi connectivity index (χ4n) is 8.56. The highest BCUT2D eigenvalue weighted by Crippen LogP contribution is 3.03. The number of Topliss-reactive ketones (excluding diaryl/α,β-unsaturated/α-hetero) is 2. The number of para-hydroxylation sites is 1. The molecule has 1 aromatic heterocycles. The molecule has 1 aromatic carbocycles. The lowest BCUT2D eigenvalue weighted by Gasteiger charge is -2.48.